The molecule has 3 rings (SSSR count). The molecule has 0 spiro atoms. The van der Waals surface area contributed by atoms with Crippen molar-refractivity contribution in [2.45, 2.75) is 6.42 Å². The standard InChI is InChI=1S/C20H26N6O4/c1-29-17-4-3-15(19(27)23-5-2-8-26-9-11-30-12-10-26)13-16(17)24-20(28)25-18-14-21-6-7-22-18/h3-4,6-7,13-14H,2,5,8-12H2,1H3,(H,23,27)(H2,22,24,25,28). The van der Waals surface area contributed by atoms with E-state index < -0.39 is 6.03 Å². The van der Waals surface area contributed by atoms with Crippen LogP contribution in [0, 0.1) is 0 Å². The summed E-state index contributed by atoms with van der Waals surface area (Å²) >= 11 is 0. The number of amides is 3. The van der Waals surface area contributed by atoms with Crippen molar-refractivity contribution in [3.63, 3.8) is 0 Å². The van der Waals surface area contributed by atoms with Crippen molar-refractivity contribution in [1.82, 2.24) is 20.2 Å². The highest BCUT2D eigenvalue weighted by molar-refractivity contribution is 6.02. The summed E-state index contributed by atoms with van der Waals surface area (Å²) in [6, 6.07) is 4.35. The average Bonchev–Trinajstić information content (AvgIpc) is 2.78. The predicted octanol–water partition coefficient (Wildman–Crippen LogP) is 1.58. The summed E-state index contributed by atoms with van der Waals surface area (Å²) in [7, 11) is 1.49. The molecule has 0 aliphatic carbocycles. The largest absolute Gasteiger partial charge is 0.495 e. The molecular weight excluding hydrogens is 388 g/mol. The smallest absolute Gasteiger partial charge is 0.324 e. The SMILES string of the molecule is COc1ccc(C(=O)NCCCN2CCOCC2)cc1NC(=O)Nc1cnccn1. The highest BCUT2D eigenvalue weighted by atomic mass is 16.5. The Morgan fingerprint density at radius 1 is 1.20 bits per heavy atom. The molecule has 30 heavy (non-hydrogen) atoms. The molecule has 0 radical (unpaired) electrons. The molecular formula is C20H26N6O4. The number of rotatable bonds is 8. The number of nitrogens with zero attached hydrogens (tertiary/aromatic N) is 3. The van der Waals surface area contributed by atoms with Crippen molar-refractivity contribution in [1.29, 1.82) is 0 Å². The Labute approximate surface area is 175 Å². The van der Waals surface area contributed by atoms with Crippen molar-refractivity contribution in [2.75, 3.05) is 57.1 Å². The van der Waals surface area contributed by atoms with Crippen molar-refractivity contribution in [3.8, 4) is 5.75 Å². The Morgan fingerprint density at radius 3 is 2.77 bits per heavy atom. The van der Waals surface area contributed by atoms with Gasteiger partial charge in [0.25, 0.3) is 5.91 Å². The molecule has 1 aromatic carbocycles. The number of carbonyl (C=O) groups excluding carboxylic acids is 2. The van der Waals surface area contributed by atoms with Crippen LogP contribution < -0.4 is 20.7 Å². The zero-order valence-corrected chi connectivity index (χ0v) is 16.9. The second-order valence-corrected chi connectivity index (χ2v) is 6.65. The number of carbonyl (C=O) groups is 2. The lowest BCUT2D eigenvalue weighted by Crippen LogP contribution is -2.38. The summed E-state index contributed by atoms with van der Waals surface area (Å²) in [5, 5.41) is 8.16. The highest BCUT2D eigenvalue weighted by Gasteiger charge is 2.14. The Bertz CT molecular complexity index is 842. The number of ether oxygens (including phenoxy) is 2. The van der Waals surface area contributed by atoms with Crippen LogP contribution in [0.4, 0.5) is 16.3 Å². The minimum atomic E-state index is -0.517. The summed E-state index contributed by atoms with van der Waals surface area (Å²) in [6.45, 7) is 4.87. The Hall–Kier alpha value is -3.24. The zero-order chi connectivity index (χ0) is 21.2. The molecule has 10 nitrogen and oxygen atoms in total. The minimum Gasteiger partial charge on any atom is -0.495 e. The third kappa shape index (κ3) is 6.39. The van der Waals surface area contributed by atoms with Gasteiger partial charge in [0.1, 0.15) is 5.75 Å². The molecule has 3 N–H and O–H groups in total. The van der Waals surface area contributed by atoms with Crippen molar-refractivity contribution < 1.29 is 19.1 Å². The molecule has 2 aromatic rings. The molecule has 0 atom stereocenters. The lowest BCUT2D eigenvalue weighted by molar-refractivity contribution is 0.0374. The number of morpholine rings is 1. The number of hydrogen-bond acceptors (Lipinski definition) is 7. The molecule has 1 aromatic heterocycles. The second-order valence-electron chi connectivity index (χ2n) is 6.65. The maximum Gasteiger partial charge on any atom is 0.324 e. The second kappa shape index (κ2) is 11.1. The molecule has 1 aliphatic heterocycles. The number of hydrogen-bond donors (Lipinski definition) is 3. The van der Waals surface area contributed by atoms with E-state index in [9.17, 15) is 9.59 Å². The van der Waals surface area contributed by atoms with E-state index in [0.29, 0.717) is 29.4 Å². The van der Waals surface area contributed by atoms with E-state index in [2.05, 4.69) is 30.8 Å². The molecule has 1 aliphatic rings. The van der Waals surface area contributed by atoms with Crippen molar-refractivity contribution in [2.24, 2.45) is 0 Å². The van der Waals surface area contributed by atoms with Crippen LogP contribution in [0.15, 0.2) is 36.8 Å². The first-order chi connectivity index (χ1) is 14.7. The first-order valence-electron chi connectivity index (χ1n) is 9.76. The van der Waals surface area contributed by atoms with E-state index in [1.807, 2.05) is 0 Å². The van der Waals surface area contributed by atoms with Gasteiger partial charge in [-0.2, -0.15) is 0 Å². The summed E-state index contributed by atoms with van der Waals surface area (Å²) in [4.78, 5) is 34.9. The molecule has 10 heteroatoms. The maximum atomic E-state index is 12.5. The first kappa shape index (κ1) is 21.5. The van der Waals surface area contributed by atoms with Gasteiger partial charge in [0.05, 0.1) is 32.2 Å². The van der Waals surface area contributed by atoms with Crippen LogP contribution in [0.25, 0.3) is 0 Å². The molecule has 3 amide bonds. The third-order valence-electron chi connectivity index (χ3n) is 4.56. The van der Waals surface area contributed by atoms with Crippen molar-refractivity contribution in [3.05, 3.63) is 42.4 Å². The van der Waals surface area contributed by atoms with E-state index in [1.165, 1.54) is 25.7 Å². The van der Waals surface area contributed by atoms with E-state index in [0.717, 1.165) is 39.3 Å². The van der Waals surface area contributed by atoms with Gasteiger partial charge < -0.3 is 20.1 Å². The summed E-state index contributed by atoms with van der Waals surface area (Å²) in [5.74, 6) is 0.535. The van der Waals surface area contributed by atoms with Gasteiger partial charge in [0.15, 0.2) is 5.82 Å². The van der Waals surface area contributed by atoms with Gasteiger partial charge in [0, 0.05) is 37.6 Å². The van der Waals surface area contributed by atoms with E-state index in [-0.39, 0.29) is 5.91 Å². The van der Waals surface area contributed by atoms with Gasteiger partial charge >= 0.3 is 6.03 Å². The Kier molecular flexibility index (Phi) is 7.93. The number of urea groups is 1. The molecule has 1 fully saturated rings. The lowest BCUT2D eigenvalue weighted by Gasteiger charge is -2.26. The van der Waals surface area contributed by atoms with Crippen LogP contribution in [0.2, 0.25) is 0 Å². The maximum absolute atomic E-state index is 12.5. The Balaban J connectivity index is 1.53. The lowest BCUT2D eigenvalue weighted by atomic mass is 10.1. The number of aromatic nitrogens is 2. The van der Waals surface area contributed by atoms with Crippen LogP contribution in [0.1, 0.15) is 16.8 Å². The zero-order valence-electron chi connectivity index (χ0n) is 16.9. The van der Waals surface area contributed by atoms with E-state index >= 15 is 0 Å². The van der Waals surface area contributed by atoms with Crippen LogP contribution in [0.3, 0.4) is 0 Å². The quantitative estimate of drug-likeness (QED) is 0.561. The van der Waals surface area contributed by atoms with E-state index in [4.69, 9.17) is 9.47 Å². The fourth-order valence-electron chi connectivity index (χ4n) is 3.01. The molecule has 0 bridgehead atoms. The number of methoxy groups -OCH3 is 1. The molecule has 2 heterocycles. The van der Waals surface area contributed by atoms with Crippen LogP contribution >= 0.6 is 0 Å². The monoisotopic (exact) mass is 414 g/mol. The predicted molar refractivity (Wildman–Crippen MR) is 112 cm³/mol. The summed E-state index contributed by atoms with van der Waals surface area (Å²) in [5.41, 5.74) is 0.803. The molecule has 160 valence electrons. The fourth-order valence-corrected chi connectivity index (χ4v) is 3.01. The van der Waals surface area contributed by atoms with E-state index in [1.54, 1.807) is 18.2 Å². The first-order valence-corrected chi connectivity index (χ1v) is 9.76. The van der Waals surface area contributed by atoms with Gasteiger partial charge in [-0.15, -0.1) is 0 Å². The number of anilines is 2. The van der Waals surface area contributed by atoms with Crippen LogP contribution in [-0.4, -0.2) is 73.3 Å². The average molecular weight is 414 g/mol. The number of nitrogens with one attached hydrogen (secondary N) is 3. The fraction of sp³-hybridized carbons (Fsp3) is 0.400. The Morgan fingerprint density at radius 2 is 2.03 bits per heavy atom. The van der Waals surface area contributed by atoms with Gasteiger partial charge in [-0.25, -0.2) is 9.78 Å². The minimum absolute atomic E-state index is 0.211. The van der Waals surface area contributed by atoms with Crippen molar-refractivity contribution >= 4 is 23.4 Å². The molecule has 0 saturated carbocycles. The van der Waals surface area contributed by atoms with Crippen LogP contribution in [0.5, 0.6) is 5.75 Å². The topological polar surface area (TPSA) is 118 Å². The molecule has 0 unspecified atom stereocenters. The summed E-state index contributed by atoms with van der Waals surface area (Å²) in [6.07, 6.45) is 5.26. The highest BCUT2D eigenvalue weighted by Crippen LogP contribution is 2.25. The van der Waals surface area contributed by atoms with Gasteiger partial charge in [0.2, 0.25) is 0 Å². The molecule has 1 saturated heterocycles. The van der Waals surface area contributed by atoms with Crippen LogP contribution in [-0.2, 0) is 4.74 Å². The summed E-state index contributed by atoms with van der Waals surface area (Å²) < 4.78 is 10.6. The van der Waals surface area contributed by atoms with Gasteiger partial charge in [-0.3, -0.25) is 20.0 Å². The third-order valence-corrected chi connectivity index (χ3v) is 4.56. The number of benzene rings is 1. The van der Waals surface area contributed by atoms with Gasteiger partial charge in [-0.1, -0.05) is 0 Å². The van der Waals surface area contributed by atoms with Gasteiger partial charge in [-0.05, 0) is 31.2 Å². The normalized spacial score (nSPS) is 14.0.